The lowest BCUT2D eigenvalue weighted by Crippen LogP contribution is -2.14. The largest absolute Gasteiger partial charge is 0.326 e. The third-order valence-corrected chi connectivity index (χ3v) is 4.55. The van der Waals surface area contributed by atoms with E-state index in [0.717, 1.165) is 5.56 Å². The predicted octanol–water partition coefficient (Wildman–Crippen LogP) is 5.43. The fourth-order valence-electron chi connectivity index (χ4n) is 2.46. The summed E-state index contributed by atoms with van der Waals surface area (Å²) in [7, 11) is 0. The highest BCUT2D eigenvalue weighted by atomic mass is 35.5. The number of anilines is 2. The number of hydrogen-bond donors (Lipinski definition) is 2. The van der Waals surface area contributed by atoms with Gasteiger partial charge in [-0.25, -0.2) is 0 Å². The number of benzene rings is 3. The molecule has 2 N–H and O–H groups in total. The van der Waals surface area contributed by atoms with Gasteiger partial charge in [-0.2, -0.15) is 0 Å². The lowest BCUT2D eigenvalue weighted by atomic mass is 10.1. The topological polar surface area (TPSA) is 58.2 Å². The van der Waals surface area contributed by atoms with E-state index >= 15 is 0 Å². The molecule has 136 valence electrons. The molecule has 0 saturated carbocycles. The molecule has 0 saturated heterocycles. The molecule has 0 atom stereocenters. The van der Waals surface area contributed by atoms with Gasteiger partial charge < -0.3 is 10.6 Å². The number of carbonyl (C=O) groups is 2. The number of nitrogens with one attached hydrogen (secondary N) is 2. The van der Waals surface area contributed by atoms with Crippen LogP contribution < -0.4 is 10.6 Å². The van der Waals surface area contributed by atoms with Gasteiger partial charge in [-0.3, -0.25) is 9.59 Å². The molecule has 3 aromatic rings. The summed E-state index contributed by atoms with van der Waals surface area (Å²) in [4.78, 5) is 24.3. The summed E-state index contributed by atoms with van der Waals surface area (Å²) >= 11 is 11.8. The Bertz CT molecular complexity index is 958. The van der Waals surface area contributed by atoms with Crippen molar-refractivity contribution in [1.29, 1.82) is 0 Å². The Hall–Kier alpha value is -2.82. The van der Waals surface area contributed by atoms with Crippen molar-refractivity contribution in [3.63, 3.8) is 0 Å². The summed E-state index contributed by atoms with van der Waals surface area (Å²) in [6.45, 7) is 0. The van der Waals surface area contributed by atoms with Crippen LogP contribution in [0.2, 0.25) is 10.0 Å². The summed E-state index contributed by atoms with van der Waals surface area (Å²) < 4.78 is 0. The zero-order valence-electron chi connectivity index (χ0n) is 14.2. The summed E-state index contributed by atoms with van der Waals surface area (Å²) in [5.74, 6) is -0.400. The SMILES string of the molecule is O=C(Cc1ccccc1)Nc1ccc(NC(=O)c2ccc(Cl)c(Cl)c2)cc1. The highest BCUT2D eigenvalue weighted by molar-refractivity contribution is 6.42. The van der Waals surface area contributed by atoms with E-state index in [1.165, 1.54) is 6.07 Å². The molecule has 0 fully saturated rings. The quantitative estimate of drug-likeness (QED) is 0.601. The van der Waals surface area contributed by atoms with Gasteiger partial charge in [0.1, 0.15) is 0 Å². The van der Waals surface area contributed by atoms with Crippen LogP contribution in [0.15, 0.2) is 72.8 Å². The molecule has 0 aliphatic heterocycles. The van der Waals surface area contributed by atoms with Gasteiger partial charge in [-0.1, -0.05) is 53.5 Å². The zero-order valence-corrected chi connectivity index (χ0v) is 15.7. The van der Waals surface area contributed by atoms with Gasteiger partial charge in [0.15, 0.2) is 0 Å². The monoisotopic (exact) mass is 398 g/mol. The Balaban J connectivity index is 1.59. The van der Waals surface area contributed by atoms with Crippen LogP contribution in [0.25, 0.3) is 0 Å². The lowest BCUT2D eigenvalue weighted by Gasteiger charge is -2.09. The van der Waals surface area contributed by atoms with Crippen LogP contribution in [0.3, 0.4) is 0 Å². The molecular formula is C21H16Cl2N2O2. The molecule has 0 aliphatic carbocycles. The maximum atomic E-state index is 12.3. The molecule has 2 amide bonds. The summed E-state index contributed by atoms with van der Waals surface area (Å²) in [6, 6.07) is 21.1. The van der Waals surface area contributed by atoms with E-state index in [2.05, 4.69) is 10.6 Å². The van der Waals surface area contributed by atoms with Gasteiger partial charge in [0.2, 0.25) is 5.91 Å². The average Bonchev–Trinajstić information content (AvgIpc) is 2.66. The molecule has 0 spiro atoms. The Morgan fingerprint density at radius 2 is 1.37 bits per heavy atom. The Morgan fingerprint density at radius 1 is 0.741 bits per heavy atom. The van der Waals surface area contributed by atoms with Crippen LogP contribution in [-0.4, -0.2) is 11.8 Å². The fraction of sp³-hybridized carbons (Fsp3) is 0.0476. The number of hydrogen-bond acceptors (Lipinski definition) is 2. The van der Waals surface area contributed by atoms with E-state index in [-0.39, 0.29) is 11.8 Å². The standard InChI is InChI=1S/C21H16Cl2N2O2/c22-18-11-6-15(13-19(18)23)21(27)25-17-9-7-16(8-10-17)24-20(26)12-14-4-2-1-3-5-14/h1-11,13H,12H2,(H,24,26)(H,25,27). The number of carbonyl (C=O) groups excluding carboxylic acids is 2. The van der Waals surface area contributed by atoms with Crippen molar-refractivity contribution in [2.45, 2.75) is 6.42 Å². The first-order chi connectivity index (χ1) is 13.0. The molecule has 4 nitrogen and oxygen atoms in total. The molecular weight excluding hydrogens is 383 g/mol. The molecule has 0 bridgehead atoms. The van der Waals surface area contributed by atoms with Crippen molar-refractivity contribution in [1.82, 2.24) is 0 Å². The van der Waals surface area contributed by atoms with Crippen LogP contribution in [0.1, 0.15) is 15.9 Å². The van der Waals surface area contributed by atoms with Crippen LogP contribution in [-0.2, 0) is 11.2 Å². The lowest BCUT2D eigenvalue weighted by molar-refractivity contribution is -0.115. The van der Waals surface area contributed by atoms with Crippen molar-refractivity contribution < 1.29 is 9.59 Å². The molecule has 3 aromatic carbocycles. The first kappa shape index (κ1) is 19.0. The fourth-order valence-corrected chi connectivity index (χ4v) is 2.76. The smallest absolute Gasteiger partial charge is 0.255 e. The minimum Gasteiger partial charge on any atom is -0.326 e. The van der Waals surface area contributed by atoms with E-state index in [9.17, 15) is 9.59 Å². The highest BCUT2D eigenvalue weighted by Crippen LogP contribution is 2.23. The van der Waals surface area contributed by atoms with Crippen LogP contribution in [0.4, 0.5) is 11.4 Å². The van der Waals surface area contributed by atoms with Crippen LogP contribution >= 0.6 is 23.2 Å². The maximum absolute atomic E-state index is 12.3. The van der Waals surface area contributed by atoms with Gasteiger partial charge in [-0.05, 0) is 48.0 Å². The van der Waals surface area contributed by atoms with E-state index < -0.39 is 0 Å². The second-order valence-corrected chi connectivity index (χ2v) is 6.69. The van der Waals surface area contributed by atoms with E-state index in [1.807, 2.05) is 30.3 Å². The minimum absolute atomic E-state index is 0.103. The molecule has 0 radical (unpaired) electrons. The summed E-state index contributed by atoms with van der Waals surface area (Å²) in [5, 5.41) is 6.32. The Labute approximate surface area is 167 Å². The second kappa shape index (κ2) is 8.71. The van der Waals surface area contributed by atoms with Crippen LogP contribution in [0, 0.1) is 0 Å². The molecule has 0 heterocycles. The number of amides is 2. The van der Waals surface area contributed by atoms with Gasteiger partial charge in [0, 0.05) is 16.9 Å². The van der Waals surface area contributed by atoms with Crippen molar-refractivity contribution >= 4 is 46.4 Å². The zero-order chi connectivity index (χ0) is 19.2. The Kier molecular flexibility index (Phi) is 6.12. The second-order valence-electron chi connectivity index (χ2n) is 5.87. The third kappa shape index (κ3) is 5.33. The highest BCUT2D eigenvalue weighted by Gasteiger charge is 2.09. The van der Waals surface area contributed by atoms with Crippen molar-refractivity contribution in [2.24, 2.45) is 0 Å². The van der Waals surface area contributed by atoms with E-state index in [4.69, 9.17) is 23.2 Å². The van der Waals surface area contributed by atoms with E-state index in [0.29, 0.717) is 33.4 Å². The molecule has 0 aliphatic rings. The molecule has 0 unspecified atom stereocenters. The predicted molar refractivity (Wildman–Crippen MR) is 110 cm³/mol. The third-order valence-electron chi connectivity index (χ3n) is 3.82. The first-order valence-electron chi connectivity index (χ1n) is 8.21. The summed E-state index contributed by atoms with van der Waals surface area (Å²) in [6.07, 6.45) is 0.302. The summed E-state index contributed by atoms with van der Waals surface area (Å²) in [5.41, 5.74) is 2.61. The Morgan fingerprint density at radius 3 is 2.00 bits per heavy atom. The van der Waals surface area contributed by atoms with Gasteiger partial charge in [-0.15, -0.1) is 0 Å². The molecule has 0 aromatic heterocycles. The number of rotatable bonds is 5. The van der Waals surface area contributed by atoms with Crippen LogP contribution in [0.5, 0.6) is 0 Å². The van der Waals surface area contributed by atoms with Gasteiger partial charge in [0.25, 0.3) is 5.91 Å². The maximum Gasteiger partial charge on any atom is 0.255 e. The minimum atomic E-state index is -0.297. The van der Waals surface area contributed by atoms with Crippen molar-refractivity contribution in [3.8, 4) is 0 Å². The van der Waals surface area contributed by atoms with Crippen molar-refractivity contribution in [3.05, 3.63) is 94.0 Å². The molecule has 3 rings (SSSR count). The first-order valence-corrected chi connectivity index (χ1v) is 8.97. The molecule has 6 heteroatoms. The van der Waals surface area contributed by atoms with Gasteiger partial charge in [0.05, 0.1) is 16.5 Å². The van der Waals surface area contributed by atoms with Crippen molar-refractivity contribution in [2.75, 3.05) is 10.6 Å². The average molecular weight is 399 g/mol. The van der Waals surface area contributed by atoms with E-state index in [1.54, 1.807) is 36.4 Å². The normalized spacial score (nSPS) is 10.3. The van der Waals surface area contributed by atoms with Gasteiger partial charge >= 0.3 is 0 Å². The molecule has 27 heavy (non-hydrogen) atoms. The number of halogens is 2.